The van der Waals surface area contributed by atoms with Crippen molar-refractivity contribution in [1.82, 2.24) is 20.7 Å². The van der Waals surface area contributed by atoms with E-state index in [0.29, 0.717) is 11.5 Å². The number of aryl methyl sites for hydroxylation is 1. The van der Waals surface area contributed by atoms with E-state index in [-0.39, 0.29) is 5.70 Å². The topological polar surface area (TPSA) is 108 Å². The molecule has 2 aromatic carbocycles. The third-order valence-corrected chi connectivity index (χ3v) is 3.85. The van der Waals surface area contributed by atoms with Gasteiger partial charge in [0.15, 0.2) is 0 Å². The molecule has 0 aliphatic heterocycles. The van der Waals surface area contributed by atoms with Crippen molar-refractivity contribution in [2.45, 2.75) is 6.92 Å². The van der Waals surface area contributed by atoms with Crippen molar-refractivity contribution in [2.75, 3.05) is 5.32 Å². The van der Waals surface area contributed by atoms with Crippen molar-refractivity contribution in [2.24, 2.45) is 5.10 Å². The first kappa shape index (κ1) is 20.4. The van der Waals surface area contributed by atoms with E-state index in [4.69, 9.17) is 0 Å². The number of nitrogens with one attached hydrogen (secondary N) is 3. The van der Waals surface area contributed by atoms with Gasteiger partial charge in [-0.15, -0.1) is 0 Å². The zero-order valence-corrected chi connectivity index (χ0v) is 16.2. The molecule has 0 spiro atoms. The number of hydrogen-bond acceptors (Lipinski definition) is 6. The second-order valence-corrected chi connectivity index (χ2v) is 6.15. The Balaban J connectivity index is 1.75. The fourth-order valence-corrected chi connectivity index (χ4v) is 2.36. The predicted octanol–water partition coefficient (Wildman–Crippen LogP) is 2.62. The maximum Gasteiger partial charge on any atom is 0.289 e. The molecule has 0 saturated carbocycles. The molecule has 30 heavy (non-hydrogen) atoms. The Morgan fingerprint density at radius 2 is 1.67 bits per heavy atom. The largest absolute Gasteiger partial charge is 0.328 e. The van der Waals surface area contributed by atoms with Crippen LogP contribution in [0, 0.1) is 6.92 Å². The van der Waals surface area contributed by atoms with Crippen molar-refractivity contribution >= 4 is 24.0 Å². The summed E-state index contributed by atoms with van der Waals surface area (Å²) in [5, 5.41) is 9.34. The Labute approximate surface area is 173 Å². The lowest BCUT2D eigenvalue weighted by Crippen LogP contribution is -2.33. The van der Waals surface area contributed by atoms with Gasteiger partial charge >= 0.3 is 0 Å². The number of aromatic nitrogens is 2. The summed E-state index contributed by atoms with van der Waals surface area (Å²) in [5.74, 6) is -0.746. The fraction of sp³-hybridized carbons (Fsp3) is 0.0455. The first-order valence-corrected chi connectivity index (χ1v) is 9.13. The van der Waals surface area contributed by atoms with Crippen molar-refractivity contribution in [1.29, 1.82) is 0 Å². The van der Waals surface area contributed by atoms with Crippen LogP contribution in [0.1, 0.15) is 21.6 Å². The highest BCUT2D eigenvalue weighted by molar-refractivity contribution is 6.03. The second kappa shape index (κ2) is 10.3. The molecule has 150 valence electrons. The summed E-state index contributed by atoms with van der Waals surface area (Å²) < 4.78 is 0. The average molecular weight is 400 g/mol. The standard InChI is InChI=1S/C22H20N6O2/c1-16-12-13-23-22(26-16)24-15-19(27-20(29)18-10-6-3-7-11-18)21(30)28-25-14-17-8-4-2-5-9-17/h2-15H,1H3,(H,27,29)(H,28,30)(H,23,24,26)/b19-15+,25-14+. The van der Waals surface area contributed by atoms with Crippen LogP contribution in [0.15, 0.2) is 89.9 Å². The van der Waals surface area contributed by atoms with Gasteiger partial charge < -0.3 is 10.6 Å². The molecule has 8 nitrogen and oxygen atoms in total. The van der Waals surface area contributed by atoms with Gasteiger partial charge in [0.2, 0.25) is 5.95 Å². The van der Waals surface area contributed by atoms with Gasteiger partial charge in [-0.25, -0.2) is 15.4 Å². The lowest BCUT2D eigenvalue weighted by molar-refractivity contribution is -0.117. The quantitative estimate of drug-likeness (QED) is 0.321. The third-order valence-electron chi connectivity index (χ3n) is 3.85. The van der Waals surface area contributed by atoms with Gasteiger partial charge in [-0.3, -0.25) is 9.59 Å². The van der Waals surface area contributed by atoms with Gasteiger partial charge in [-0.2, -0.15) is 5.10 Å². The number of hydrazone groups is 1. The van der Waals surface area contributed by atoms with E-state index in [1.165, 1.54) is 12.4 Å². The molecule has 3 N–H and O–H groups in total. The van der Waals surface area contributed by atoms with E-state index < -0.39 is 11.8 Å². The van der Waals surface area contributed by atoms with Crippen LogP contribution in [0.4, 0.5) is 5.95 Å². The number of anilines is 1. The Morgan fingerprint density at radius 1 is 0.967 bits per heavy atom. The van der Waals surface area contributed by atoms with E-state index in [0.717, 1.165) is 11.3 Å². The Morgan fingerprint density at radius 3 is 2.37 bits per heavy atom. The molecule has 3 aromatic rings. The molecule has 8 heteroatoms. The highest BCUT2D eigenvalue weighted by atomic mass is 16.2. The molecule has 0 aliphatic rings. The molecular weight excluding hydrogens is 380 g/mol. The van der Waals surface area contributed by atoms with Crippen molar-refractivity contribution in [3.63, 3.8) is 0 Å². The minimum Gasteiger partial charge on any atom is -0.328 e. The highest BCUT2D eigenvalue weighted by Gasteiger charge is 2.14. The zero-order valence-electron chi connectivity index (χ0n) is 16.2. The molecule has 0 atom stereocenters. The monoisotopic (exact) mass is 400 g/mol. The third kappa shape index (κ3) is 6.10. The first-order valence-electron chi connectivity index (χ1n) is 9.13. The zero-order chi connectivity index (χ0) is 21.2. The minimum absolute atomic E-state index is 0.0424. The van der Waals surface area contributed by atoms with Gasteiger partial charge in [-0.05, 0) is 30.7 Å². The number of amides is 2. The molecule has 3 rings (SSSR count). The number of hydrogen-bond donors (Lipinski definition) is 3. The molecule has 2 amide bonds. The van der Waals surface area contributed by atoms with Crippen LogP contribution in [0.2, 0.25) is 0 Å². The summed E-state index contributed by atoms with van der Waals surface area (Å²) in [4.78, 5) is 33.4. The normalized spacial score (nSPS) is 11.2. The van der Waals surface area contributed by atoms with Crippen LogP contribution < -0.4 is 16.1 Å². The number of benzene rings is 2. The Bertz CT molecular complexity index is 1070. The number of rotatable bonds is 7. The molecule has 0 saturated heterocycles. The van der Waals surface area contributed by atoms with Crippen LogP contribution >= 0.6 is 0 Å². The lowest BCUT2D eigenvalue weighted by atomic mass is 10.2. The molecule has 0 bridgehead atoms. The van der Waals surface area contributed by atoms with E-state index in [2.05, 4.69) is 31.1 Å². The second-order valence-electron chi connectivity index (χ2n) is 6.15. The smallest absolute Gasteiger partial charge is 0.289 e. The summed E-state index contributed by atoms with van der Waals surface area (Å²) in [6.07, 6.45) is 4.42. The molecular formula is C22H20N6O2. The van der Waals surface area contributed by atoms with Crippen LogP contribution in [-0.4, -0.2) is 28.0 Å². The summed E-state index contributed by atoms with van der Waals surface area (Å²) >= 11 is 0. The summed E-state index contributed by atoms with van der Waals surface area (Å²) in [6, 6.07) is 19.6. The molecule has 0 aliphatic carbocycles. The summed E-state index contributed by atoms with van der Waals surface area (Å²) in [6.45, 7) is 1.82. The number of carbonyl (C=O) groups is 2. The van der Waals surface area contributed by atoms with Gasteiger partial charge in [0.25, 0.3) is 11.8 Å². The van der Waals surface area contributed by atoms with Gasteiger partial charge in [-0.1, -0.05) is 48.5 Å². The molecule has 0 unspecified atom stereocenters. The van der Waals surface area contributed by atoms with Crippen LogP contribution in [-0.2, 0) is 4.79 Å². The van der Waals surface area contributed by atoms with E-state index in [1.54, 1.807) is 42.6 Å². The Kier molecular flexibility index (Phi) is 6.99. The van der Waals surface area contributed by atoms with Crippen LogP contribution in [0.25, 0.3) is 0 Å². The van der Waals surface area contributed by atoms with Gasteiger partial charge in [0, 0.05) is 23.7 Å². The predicted molar refractivity (Wildman–Crippen MR) is 115 cm³/mol. The number of nitrogens with zero attached hydrogens (tertiary/aromatic N) is 3. The van der Waals surface area contributed by atoms with E-state index >= 15 is 0 Å². The molecule has 1 heterocycles. The molecule has 1 aromatic heterocycles. The number of carbonyl (C=O) groups excluding carboxylic acids is 2. The van der Waals surface area contributed by atoms with Gasteiger partial charge in [0.05, 0.1) is 6.21 Å². The maximum atomic E-state index is 12.6. The van der Waals surface area contributed by atoms with Crippen molar-refractivity contribution < 1.29 is 9.59 Å². The SMILES string of the molecule is Cc1ccnc(N/C=C(/NC(=O)c2ccccc2)C(=O)N/N=C/c2ccccc2)n1. The van der Waals surface area contributed by atoms with Crippen LogP contribution in [0.3, 0.4) is 0 Å². The lowest BCUT2D eigenvalue weighted by Gasteiger charge is -2.09. The van der Waals surface area contributed by atoms with Crippen LogP contribution in [0.5, 0.6) is 0 Å². The van der Waals surface area contributed by atoms with E-state index in [9.17, 15) is 9.59 Å². The average Bonchev–Trinajstić information content (AvgIpc) is 2.77. The van der Waals surface area contributed by atoms with Crippen molar-refractivity contribution in [3.8, 4) is 0 Å². The van der Waals surface area contributed by atoms with Gasteiger partial charge in [0.1, 0.15) is 5.70 Å². The van der Waals surface area contributed by atoms with E-state index in [1.807, 2.05) is 37.3 Å². The summed E-state index contributed by atoms with van der Waals surface area (Å²) in [5.41, 5.74) is 4.35. The molecule has 0 radical (unpaired) electrons. The fourth-order valence-electron chi connectivity index (χ4n) is 2.36. The van der Waals surface area contributed by atoms with Crippen molar-refractivity contribution in [3.05, 3.63) is 102 Å². The maximum absolute atomic E-state index is 12.6. The summed E-state index contributed by atoms with van der Waals surface area (Å²) in [7, 11) is 0. The first-order chi connectivity index (χ1) is 14.6. The minimum atomic E-state index is -0.605. The Hall–Kier alpha value is -4.33. The highest BCUT2D eigenvalue weighted by Crippen LogP contribution is 2.03. The molecule has 0 fully saturated rings.